The number of amides is 1. The maximum Gasteiger partial charge on any atom is 0.253 e. The summed E-state index contributed by atoms with van der Waals surface area (Å²) in [5.74, 6) is 1.15. The lowest BCUT2D eigenvalue weighted by Crippen LogP contribution is -2.42. The van der Waals surface area contributed by atoms with Gasteiger partial charge in [0.05, 0.1) is 0 Å². The molecule has 0 saturated carbocycles. The second-order valence-corrected chi connectivity index (χ2v) is 5.77. The Kier molecular flexibility index (Phi) is 4.00. The van der Waals surface area contributed by atoms with E-state index in [2.05, 4.69) is 42.2 Å². The molecule has 3 nitrogen and oxygen atoms in total. The summed E-state index contributed by atoms with van der Waals surface area (Å²) in [6.07, 6.45) is 4.38. The van der Waals surface area contributed by atoms with Crippen LogP contribution in [-0.2, 0) is 0 Å². The lowest BCUT2D eigenvalue weighted by Gasteiger charge is -2.37. The van der Waals surface area contributed by atoms with Crippen LogP contribution in [0.3, 0.4) is 0 Å². The standard InChI is InChI=1S/C18H20N2O/c1-14-13-20(18(21)16-7-10-19-11-8-16)12-9-17(14)15-5-3-2-4-6-15/h2-8,10-11,14,17H,9,12-13H2,1H3. The van der Waals surface area contributed by atoms with Crippen LogP contribution in [0.1, 0.15) is 35.2 Å². The van der Waals surface area contributed by atoms with Crippen molar-refractivity contribution in [2.24, 2.45) is 5.92 Å². The molecular weight excluding hydrogens is 260 g/mol. The van der Waals surface area contributed by atoms with Crippen molar-refractivity contribution in [3.05, 3.63) is 66.0 Å². The fraction of sp³-hybridized carbons (Fsp3) is 0.333. The van der Waals surface area contributed by atoms with Crippen LogP contribution in [0.15, 0.2) is 54.9 Å². The maximum absolute atomic E-state index is 12.5. The molecule has 2 atom stereocenters. The molecule has 108 valence electrons. The third-order valence-corrected chi connectivity index (χ3v) is 4.35. The molecule has 3 heteroatoms. The van der Waals surface area contributed by atoms with E-state index in [-0.39, 0.29) is 5.91 Å². The fourth-order valence-corrected chi connectivity index (χ4v) is 3.20. The lowest BCUT2D eigenvalue weighted by atomic mass is 9.81. The molecule has 21 heavy (non-hydrogen) atoms. The molecule has 2 aromatic rings. The van der Waals surface area contributed by atoms with Gasteiger partial charge in [0.25, 0.3) is 5.91 Å². The average Bonchev–Trinajstić information content (AvgIpc) is 2.55. The fourth-order valence-electron chi connectivity index (χ4n) is 3.20. The van der Waals surface area contributed by atoms with Crippen molar-refractivity contribution < 1.29 is 4.79 Å². The number of likely N-dealkylation sites (tertiary alicyclic amines) is 1. The number of pyridine rings is 1. The first-order chi connectivity index (χ1) is 10.3. The normalized spacial score (nSPS) is 22.0. The van der Waals surface area contributed by atoms with Crippen molar-refractivity contribution in [2.75, 3.05) is 13.1 Å². The highest BCUT2D eigenvalue weighted by Crippen LogP contribution is 2.33. The smallest absolute Gasteiger partial charge is 0.253 e. The zero-order valence-corrected chi connectivity index (χ0v) is 12.3. The Hall–Kier alpha value is -2.16. The van der Waals surface area contributed by atoms with Gasteiger partial charge in [0.2, 0.25) is 0 Å². The molecule has 0 aliphatic carbocycles. The van der Waals surface area contributed by atoms with E-state index < -0.39 is 0 Å². The van der Waals surface area contributed by atoms with Crippen LogP contribution < -0.4 is 0 Å². The Labute approximate surface area is 125 Å². The SMILES string of the molecule is CC1CN(C(=O)c2ccncc2)CCC1c1ccccc1. The molecule has 2 heterocycles. The van der Waals surface area contributed by atoms with Crippen molar-refractivity contribution in [1.29, 1.82) is 0 Å². The number of rotatable bonds is 2. The van der Waals surface area contributed by atoms with Crippen molar-refractivity contribution in [1.82, 2.24) is 9.88 Å². The van der Waals surface area contributed by atoms with E-state index in [9.17, 15) is 4.79 Å². The Morgan fingerprint density at radius 2 is 1.86 bits per heavy atom. The number of carbonyl (C=O) groups excluding carboxylic acids is 1. The van der Waals surface area contributed by atoms with Gasteiger partial charge >= 0.3 is 0 Å². The molecule has 1 amide bonds. The van der Waals surface area contributed by atoms with E-state index in [1.807, 2.05) is 4.90 Å². The number of aromatic nitrogens is 1. The van der Waals surface area contributed by atoms with Crippen LogP contribution in [0.2, 0.25) is 0 Å². The van der Waals surface area contributed by atoms with E-state index in [1.165, 1.54) is 5.56 Å². The minimum Gasteiger partial charge on any atom is -0.338 e. The van der Waals surface area contributed by atoms with Gasteiger partial charge in [0.15, 0.2) is 0 Å². The summed E-state index contributed by atoms with van der Waals surface area (Å²) in [6, 6.07) is 14.2. The van der Waals surface area contributed by atoms with E-state index in [0.717, 1.165) is 25.1 Å². The van der Waals surface area contributed by atoms with Crippen LogP contribution in [0, 0.1) is 5.92 Å². The van der Waals surface area contributed by atoms with E-state index in [0.29, 0.717) is 11.8 Å². The van der Waals surface area contributed by atoms with E-state index >= 15 is 0 Å². The van der Waals surface area contributed by atoms with Gasteiger partial charge in [-0.2, -0.15) is 0 Å². The van der Waals surface area contributed by atoms with Crippen molar-refractivity contribution in [3.8, 4) is 0 Å². The molecule has 1 aromatic carbocycles. The molecule has 0 N–H and O–H groups in total. The summed E-state index contributed by atoms with van der Waals surface area (Å²) >= 11 is 0. The highest BCUT2D eigenvalue weighted by atomic mass is 16.2. The van der Waals surface area contributed by atoms with E-state index in [1.54, 1.807) is 24.5 Å². The van der Waals surface area contributed by atoms with Crippen LogP contribution in [-0.4, -0.2) is 28.9 Å². The van der Waals surface area contributed by atoms with Crippen LogP contribution >= 0.6 is 0 Å². The van der Waals surface area contributed by atoms with Gasteiger partial charge in [-0.05, 0) is 36.0 Å². The predicted molar refractivity (Wildman–Crippen MR) is 83.1 cm³/mol. The summed E-state index contributed by atoms with van der Waals surface area (Å²) in [5.41, 5.74) is 2.12. The highest BCUT2D eigenvalue weighted by Gasteiger charge is 2.29. The van der Waals surface area contributed by atoms with Gasteiger partial charge in [0, 0.05) is 31.0 Å². The Morgan fingerprint density at radius 3 is 2.52 bits per heavy atom. The number of nitrogens with zero attached hydrogens (tertiary/aromatic N) is 2. The second kappa shape index (κ2) is 6.08. The summed E-state index contributed by atoms with van der Waals surface area (Å²) in [5, 5.41) is 0. The van der Waals surface area contributed by atoms with Gasteiger partial charge in [-0.15, -0.1) is 0 Å². The topological polar surface area (TPSA) is 33.2 Å². The highest BCUT2D eigenvalue weighted by molar-refractivity contribution is 5.94. The lowest BCUT2D eigenvalue weighted by molar-refractivity contribution is 0.0660. The second-order valence-electron chi connectivity index (χ2n) is 5.77. The predicted octanol–water partition coefficient (Wildman–Crippen LogP) is 3.35. The monoisotopic (exact) mass is 280 g/mol. The minimum atomic E-state index is 0.121. The Morgan fingerprint density at radius 1 is 1.14 bits per heavy atom. The zero-order chi connectivity index (χ0) is 14.7. The van der Waals surface area contributed by atoms with Crippen LogP contribution in [0.25, 0.3) is 0 Å². The number of carbonyl (C=O) groups is 1. The zero-order valence-electron chi connectivity index (χ0n) is 12.3. The molecule has 0 spiro atoms. The molecule has 1 saturated heterocycles. The van der Waals surface area contributed by atoms with E-state index in [4.69, 9.17) is 0 Å². The molecule has 1 aromatic heterocycles. The summed E-state index contributed by atoms with van der Waals surface area (Å²) in [6.45, 7) is 3.88. The molecule has 0 radical (unpaired) electrons. The average molecular weight is 280 g/mol. The number of hydrogen-bond donors (Lipinski definition) is 0. The number of hydrogen-bond acceptors (Lipinski definition) is 2. The molecule has 1 aliphatic heterocycles. The number of piperidine rings is 1. The van der Waals surface area contributed by atoms with Gasteiger partial charge in [-0.1, -0.05) is 37.3 Å². The first kappa shape index (κ1) is 13.8. The van der Waals surface area contributed by atoms with Gasteiger partial charge in [0.1, 0.15) is 0 Å². The minimum absolute atomic E-state index is 0.121. The van der Waals surface area contributed by atoms with Gasteiger partial charge in [-0.25, -0.2) is 0 Å². The molecule has 1 aliphatic rings. The summed E-state index contributed by atoms with van der Waals surface area (Å²) < 4.78 is 0. The first-order valence-corrected chi connectivity index (χ1v) is 7.50. The third kappa shape index (κ3) is 2.97. The summed E-state index contributed by atoms with van der Waals surface area (Å²) in [4.78, 5) is 18.4. The molecule has 1 fully saturated rings. The first-order valence-electron chi connectivity index (χ1n) is 7.50. The number of benzene rings is 1. The maximum atomic E-state index is 12.5. The summed E-state index contributed by atoms with van der Waals surface area (Å²) in [7, 11) is 0. The molecule has 0 bridgehead atoms. The van der Waals surface area contributed by atoms with Crippen molar-refractivity contribution in [2.45, 2.75) is 19.3 Å². The van der Waals surface area contributed by atoms with Crippen LogP contribution in [0.4, 0.5) is 0 Å². The quantitative estimate of drug-likeness (QED) is 0.845. The third-order valence-electron chi connectivity index (χ3n) is 4.35. The Bertz CT molecular complexity index is 597. The van der Waals surface area contributed by atoms with Gasteiger partial charge < -0.3 is 4.90 Å². The van der Waals surface area contributed by atoms with Gasteiger partial charge in [-0.3, -0.25) is 9.78 Å². The van der Waals surface area contributed by atoms with Crippen molar-refractivity contribution in [3.63, 3.8) is 0 Å². The van der Waals surface area contributed by atoms with Crippen LogP contribution in [0.5, 0.6) is 0 Å². The molecule has 3 rings (SSSR count). The molecule has 2 unspecified atom stereocenters. The largest absolute Gasteiger partial charge is 0.338 e. The molecular formula is C18H20N2O. The Balaban J connectivity index is 1.70. The van der Waals surface area contributed by atoms with Crippen molar-refractivity contribution >= 4 is 5.91 Å².